The molecule has 7 heteroatoms. The van der Waals surface area contributed by atoms with Gasteiger partial charge in [0.05, 0.1) is 12.3 Å². The zero-order valence-corrected chi connectivity index (χ0v) is 13.9. The number of carbonyl (C=O) groups is 1. The minimum Gasteiger partial charge on any atom is -0.378 e. The van der Waals surface area contributed by atoms with Crippen LogP contribution in [0.4, 0.5) is 10.6 Å². The van der Waals surface area contributed by atoms with Gasteiger partial charge < -0.3 is 9.64 Å². The molecule has 3 rings (SSSR count). The minimum atomic E-state index is -0.0644. The number of fused-ring (bicyclic) bond motifs is 1. The van der Waals surface area contributed by atoms with Crippen molar-refractivity contribution in [1.29, 1.82) is 0 Å². The van der Waals surface area contributed by atoms with Crippen LogP contribution >= 0.6 is 0 Å². The highest BCUT2D eigenvalue weighted by Gasteiger charge is 2.37. The average Bonchev–Trinajstić information content (AvgIpc) is 3.01. The van der Waals surface area contributed by atoms with Crippen LogP contribution in [0.5, 0.6) is 0 Å². The Bertz CT molecular complexity index is 553. The predicted octanol–water partition coefficient (Wildman–Crippen LogP) is 1.71. The van der Waals surface area contributed by atoms with Gasteiger partial charge in [-0.3, -0.25) is 10.2 Å². The average molecular weight is 319 g/mol. The van der Waals surface area contributed by atoms with E-state index in [1.807, 2.05) is 4.90 Å². The summed E-state index contributed by atoms with van der Waals surface area (Å²) in [6.07, 6.45) is 4.85. The molecule has 2 amide bonds. The molecule has 126 valence electrons. The Hall–Kier alpha value is -1.73. The third-order valence-corrected chi connectivity index (χ3v) is 4.78. The van der Waals surface area contributed by atoms with Crippen LogP contribution in [0.25, 0.3) is 0 Å². The summed E-state index contributed by atoms with van der Waals surface area (Å²) in [7, 11) is 1.62. The number of piperazine rings is 1. The number of nitrogens with zero attached hydrogens (tertiary/aromatic N) is 4. The lowest BCUT2D eigenvalue weighted by Crippen LogP contribution is -2.58. The standard InChI is InChI=1S/C16H25N5O2/c1-3-13-8-20-6-4-5-14(20)9-21(13)16(22)19-15-7-12(10-23-2)17-11-18-15/h7,11,13-14H,3-6,8-10H2,1-2H3,(H,17,18,19,22)/t13-,14+/m0/s1. The molecule has 1 aromatic rings. The van der Waals surface area contributed by atoms with E-state index in [1.54, 1.807) is 13.2 Å². The molecule has 0 spiro atoms. The van der Waals surface area contributed by atoms with Gasteiger partial charge >= 0.3 is 6.03 Å². The summed E-state index contributed by atoms with van der Waals surface area (Å²) in [5.41, 5.74) is 0.755. The van der Waals surface area contributed by atoms with E-state index >= 15 is 0 Å². The first-order chi connectivity index (χ1) is 11.2. The molecule has 23 heavy (non-hydrogen) atoms. The number of hydrogen-bond donors (Lipinski definition) is 1. The maximum Gasteiger partial charge on any atom is 0.323 e. The zero-order chi connectivity index (χ0) is 16.2. The monoisotopic (exact) mass is 319 g/mol. The number of carbonyl (C=O) groups excluding carboxylic acids is 1. The Kier molecular flexibility index (Phi) is 5.07. The predicted molar refractivity (Wildman–Crippen MR) is 87.1 cm³/mol. The fraction of sp³-hybridized carbons (Fsp3) is 0.688. The van der Waals surface area contributed by atoms with E-state index in [9.17, 15) is 4.79 Å². The van der Waals surface area contributed by atoms with Gasteiger partial charge in [-0.05, 0) is 25.8 Å². The zero-order valence-electron chi connectivity index (χ0n) is 13.9. The van der Waals surface area contributed by atoms with Gasteiger partial charge in [-0.1, -0.05) is 6.92 Å². The molecule has 2 aliphatic heterocycles. The van der Waals surface area contributed by atoms with Crippen molar-refractivity contribution >= 4 is 11.8 Å². The number of urea groups is 1. The first kappa shape index (κ1) is 16.1. The second-order valence-corrected chi connectivity index (χ2v) is 6.26. The summed E-state index contributed by atoms with van der Waals surface area (Å²) >= 11 is 0. The number of ether oxygens (including phenoxy) is 1. The quantitative estimate of drug-likeness (QED) is 0.915. The first-order valence-electron chi connectivity index (χ1n) is 8.32. The van der Waals surface area contributed by atoms with Gasteiger partial charge in [0.2, 0.25) is 0 Å². The molecule has 2 fully saturated rings. The van der Waals surface area contributed by atoms with Crippen LogP contribution in [0.15, 0.2) is 12.4 Å². The number of hydrogen-bond acceptors (Lipinski definition) is 5. The van der Waals surface area contributed by atoms with Crippen molar-refractivity contribution in [2.45, 2.75) is 44.9 Å². The van der Waals surface area contributed by atoms with Crippen LogP contribution in [0.3, 0.4) is 0 Å². The first-order valence-corrected chi connectivity index (χ1v) is 8.32. The highest BCUT2D eigenvalue weighted by molar-refractivity contribution is 5.88. The van der Waals surface area contributed by atoms with E-state index < -0.39 is 0 Å². The molecular formula is C16H25N5O2. The van der Waals surface area contributed by atoms with Crippen LogP contribution < -0.4 is 5.32 Å². The number of rotatable bonds is 4. The van der Waals surface area contributed by atoms with Crippen LogP contribution in [-0.2, 0) is 11.3 Å². The lowest BCUT2D eigenvalue weighted by atomic mass is 10.1. The Balaban J connectivity index is 1.67. The van der Waals surface area contributed by atoms with Crippen LogP contribution in [0.2, 0.25) is 0 Å². The second kappa shape index (κ2) is 7.23. The van der Waals surface area contributed by atoms with Gasteiger partial charge in [-0.25, -0.2) is 14.8 Å². The molecule has 0 aromatic carbocycles. The Morgan fingerprint density at radius 1 is 1.43 bits per heavy atom. The van der Waals surface area contributed by atoms with E-state index in [0.29, 0.717) is 18.5 Å². The van der Waals surface area contributed by atoms with Crippen LogP contribution in [0.1, 0.15) is 31.9 Å². The van der Waals surface area contributed by atoms with Gasteiger partial charge in [-0.15, -0.1) is 0 Å². The van der Waals surface area contributed by atoms with Crippen molar-refractivity contribution in [3.63, 3.8) is 0 Å². The highest BCUT2D eigenvalue weighted by Crippen LogP contribution is 2.26. The third-order valence-electron chi connectivity index (χ3n) is 4.78. The Labute approximate surface area is 137 Å². The van der Waals surface area contributed by atoms with E-state index in [2.05, 4.69) is 27.1 Å². The molecule has 0 bridgehead atoms. The normalized spacial score (nSPS) is 24.5. The molecule has 3 heterocycles. The van der Waals surface area contributed by atoms with Crippen LogP contribution in [0, 0.1) is 0 Å². The summed E-state index contributed by atoms with van der Waals surface area (Å²) in [6, 6.07) is 2.47. The van der Waals surface area contributed by atoms with Gasteiger partial charge in [0, 0.05) is 38.3 Å². The van der Waals surface area contributed by atoms with Gasteiger partial charge in [0.1, 0.15) is 12.1 Å². The highest BCUT2D eigenvalue weighted by atomic mass is 16.5. The molecule has 1 N–H and O–H groups in total. The molecule has 0 radical (unpaired) electrons. The molecule has 0 saturated carbocycles. The number of nitrogens with one attached hydrogen (secondary N) is 1. The summed E-state index contributed by atoms with van der Waals surface area (Å²) in [4.78, 5) is 25.5. The number of methoxy groups -OCH3 is 1. The lowest BCUT2D eigenvalue weighted by molar-refractivity contribution is 0.0767. The summed E-state index contributed by atoms with van der Waals surface area (Å²) in [6.45, 7) is 5.50. The molecule has 7 nitrogen and oxygen atoms in total. The molecular weight excluding hydrogens is 294 g/mol. The van der Waals surface area contributed by atoms with Gasteiger partial charge in [0.25, 0.3) is 0 Å². The molecule has 0 aliphatic carbocycles. The Morgan fingerprint density at radius 3 is 3.09 bits per heavy atom. The second-order valence-electron chi connectivity index (χ2n) is 6.26. The topological polar surface area (TPSA) is 70.6 Å². The number of aromatic nitrogens is 2. The van der Waals surface area contributed by atoms with Gasteiger partial charge in [-0.2, -0.15) is 0 Å². The largest absolute Gasteiger partial charge is 0.378 e. The lowest BCUT2D eigenvalue weighted by Gasteiger charge is -2.43. The molecule has 1 aromatic heterocycles. The third kappa shape index (κ3) is 3.61. The fourth-order valence-electron chi connectivity index (χ4n) is 3.56. The number of amides is 2. The summed E-state index contributed by atoms with van der Waals surface area (Å²) < 4.78 is 5.07. The molecule has 0 unspecified atom stereocenters. The van der Waals surface area contributed by atoms with Crippen molar-refractivity contribution in [3.05, 3.63) is 18.1 Å². The summed E-state index contributed by atoms with van der Waals surface area (Å²) in [5, 5.41) is 2.92. The van der Waals surface area contributed by atoms with Crippen molar-refractivity contribution < 1.29 is 9.53 Å². The maximum absolute atomic E-state index is 12.7. The van der Waals surface area contributed by atoms with Crippen LogP contribution in [-0.4, -0.2) is 64.6 Å². The minimum absolute atomic E-state index is 0.0644. The van der Waals surface area contributed by atoms with Crippen molar-refractivity contribution in [2.75, 3.05) is 32.1 Å². The maximum atomic E-state index is 12.7. The molecule has 2 atom stereocenters. The van der Waals surface area contributed by atoms with E-state index in [1.165, 1.54) is 25.7 Å². The van der Waals surface area contributed by atoms with Crippen molar-refractivity contribution in [3.8, 4) is 0 Å². The van der Waals surface area contributed by atoms with Crippen molar-refractivity contribution in [2.24, 2.45) is 0 Å². The molecule has 2 saturated heterocycles. The number of anilines is 1. The Morgan fingerprint density at radius 2 is 2.30 bits per heavy atom. The van der Waals surface area contributed by atoms with E-state index in [4.69, 9.17) is 4.74 Å². The molecule has 2 aliphatic rings. The van der Waals surface area contributed by atoms with E-state index in [-0.39, 0.29) is 12.1 Å². The van der Waals surface area contributed by atoms with Crippen molar-refractivity contribution in [1.82, 2.24) is 19.8 Å². The fourth-order valence-corrected chi connectivity index (χ4v) is 3.56. The smallest absolute Gasteiger partial charge is 0.323 e. The SMILES string of the molecule is CC[C@H]1CN2CCC[C@@H]2CN1C(=O)Nc1cc(COC)ncn1. The van der Waals surface area contributed by atoms with E-state index in [0.717, 1.165) is 25.2 Å². The van der Waals surface area contributed by atoms with Gasteiger partial charge in [0.15, 0.2) is 0 Å². The summed E-state index contributed by atoms with van der Waals surface area (Å²) in [5.74, 6) is 0.528.